The summed E-state index contributed by atoms with van der Waals surface area (Å²) in [7, 11) is 1.29. The number of carbonyl (C=O) groups excluding carboxylic acids is 2. The molecule has 0 aliphatic heterocycles. The van der Waals surface area contributed by atoms with Gasteiger partial charge in [-0.25, -0.2) is 4.79 Å². The van der Waals surface area contributed by atoms with Gasteiger partial charge in [0.15, 0.2) is 6.04 Å². The van der Waals surface area contributed by atoms with E-state index in [2.05, 4.69) is 5.32 Å². The van der Waals surface area contributed by atoms with Gasteiger partial charge in [-0.15, -0.1) is 0 Å². The number of carbonyl (C=O) groups is 2. The van der Waals surface area contributed by atoms with E-state index >= 15 is 0 Å². The molecule has 1 amide bonds. The van der Waals surface area contributed by atoms with E-state index in [1.54, 1.807) is 20.8 Å². The van der Waals surface area contributed by atoms with Crippen molar-refractivity contribution < 1.29 is 19.1 Å². The lowest BCUT2D eigenvalue weighted by atomic mass is 10.1. The zero-order valence-corrected chi connectivity index (χ0v) is 13.0. The molecule has 0 aliphatic carbocycles. The first kappa shape index (κ1) is 17.2. The standard InChI is InChI=1S/C16H23NO4/c1-11(2)15(18)17-14(16(19)20-4)12(3)21-10-13-8-6-5-7-9-13/h5-9,11-12,14H,10H2,1-4H3,(H,17,18). The van der Waals surface area contributed by atoms with E-state index in [1.807, 2.05) is 30.3 Å². The third-order valence-electron chi connectivity index (χ3n) is 3.10. The molecule has 0 saturated heterocycles. The first-order valence-electron chi connectivity index (χ1n) is 6.99. The molecule has 1 rings (SSSR count). The van der Waals surface area contributed by atoms with Gasteiger partial charge in [0.1, 0.15) is 0 Å². The van der Waals surface area contributed by atoms with Crippen LogP contribution in [0.25, 0.3) is 0 Å². The second kappa shape index (κ2) is 8.42. The van der Waals surface area contributed by atoms with Gasteiger partial charge in [-0.05, 0) is 12.5 Å². The molecule has 5 nitrogen and oxygen atoms in total. The Morgan fingerprint density at radius 2 is 1.76 bits per heavy atom. The van der Waals surface area contributed by atoms with Gasteiger partial charge in [0.25, 0.3) is 0 Å². The smallest absolute Gasteiger partial charge is 0.331 e. The van der Waals surface area contributed by atoms with Crippen LogP contribution in [0.4, 0.5) is 0 Å². The fraction of sp³-hybridized carbons (Fsp3) is 0.500. The second-order valence-corrected chi connectivity index (χ2v) is 5.17. The summed E-state index contributed by atoms with van der Waals surface area (Å²) < 4.78 is 10.4. The van der Waals surface area contributed by atoms with Crippen molar-refractivity contribution in [3.8, 4) is 0 Å². The lowest BCUT2D eigenvalue weighted by Crippen LogP contribution is -2.50. The normalized spacial score (nSPS) is 13.6. The van der Waals surface area contributed by atoms with Crippen molar-refractivity contribution in [3.05, 3.63) is 35.9 Å². The van der Waals surface area contributed by atoms with Gasteiger partial charge in [0.2, 0.25) is 5.91 Å². The highest BCUT2D eigenvalue weighted by atomic mass is 16.5. The fourth-order valence-corrected chi connectivity index (χ4v) is 1.71. The first-order valence-corrected chi connectivity index (χ1v) is 6.99. The SMILES string of the molecule is COC(=O)C(NC(=O)C(C)C)C(C)OCc1ccccc1. The second-order valence-electron chi connectivity index (χ2n) is 5.17. The van der Waals surface area contributed by atoms with Crippen molar-refractivity contribution in [1.82, 2.24) is 5.32 Å². The van der Waals surface area contributed by atoms with Crippen LogP contribution >= 0.6 is 0 Å². The van der Waals surface area contributed by atoms with E-state index in [-0.39, 0.29) is 11.8 Å². The van der Waals surface area contributed by atoms with E-state index in [1.165, 1.54) is 7.11 Å². The molecule has 0 heterocycles. The van der Waals surface area contributed by atoms with Gasteiger partial charge in [0.05, 0.1) is 19.8 Å². The minimum Gasteiger partial charge on any atom is -0.467 e. The molecule has 0 radical (unpaired) electrons. The quantitative estimate of drug-likeness (QED) is 0.780. The Morgan fingerprint density at radius 3 is 2.29 bits per heavy atom. The summed E-state index contributed by atoms with van der Waals surface area (Å²) in [5.74, 6) is -0.927. The Bertz CT molecular complexity index is 459. The number of methoxy groups -OCH3 is 1. The van der Waals surface area contributed by atoms with Gasteiger partial charge in [-0.3, -0.25) is 4.79 Å². The van der Waals surface area contributed by atoms with Crippen LogP contribution in [0.3, 0.4) is 0 Å². The molecule has 0 fully saturated rings. The lowest BCUT2D eigenvalue weighted by Gasteiger charge is -2.24. The van der Waals surface area contributed by atoms with Gasteiger partial charge >= 0.3 is 5.97 Å². The fourth-order valence-electron chi connectivity index (χ4n) is 1.71. The first-order chi connectivity index (χ1) is 9.95. The molecule has 0 spiro atoms. The highest BCUT2D eigenvalue weighted by molar-refractivity contribution is 5.85. The maximum absolute atomic E-state index is 11.8. The summed E-state index contributed by atoms with van der Waals surface area (Å²) in [6.07, 6.45) is -0.486. The van der Waals surface area contributed by atoms with E-state index in [4.69, 9.17) is 9.47 Å². The van der Waals surface area contributed by atoms with Gasteiger partial charge < -0.3 is 14.8 Å². The average Bonchev–Trinajstić information content (AvgIpc) is 2.50. The molecule has 116 valence electrons. The molecule has 0 bridgehead atoms. The molecule has 5 heteroatoms. The predicted octanol–water partition coefficient (Wildman–Crippen LogP) is 1.91. The topological polar surface area (TPSA) is 64.6 Å². The summed E-state index contributed by atoms with van der Waals surface area (Å²) in [5, 5.41) is 2.66. The van der Waals surface area contributed by atoms with Crippen molar-refractivity contribution in [2.45, 2.75) is 39.5 Å². The molecule has 0 aliphatic rings. The van der Waals surface area contributed by atoms with Crippen LogP contribution in [0.5, 0.6) is 0 Å². The maximum atomic E-state index is 11.8. The summed E-state index contributed by atoms with van der Waals surface area (Å²) in [6, 6.07) is 8.82. The van der Waals surface area contributed by atoms with Gasteiger partial charge in [0, 0.05) is 5.92 Å². The number of rotatable bonds is 7. The van der Waals surface area contributed by atoms with Crippen molar-refractivity contribution in [2.75, 3.05) is 7.11 Å². The van der Waals surface area contributed by atoms with Gasteiger partial charge in [-0.1, -0.05) is 44.2 Å². The minimum absolute atomic E-state index is 0.208. The number of amides is 1. The molecule has 1 aromatic rings. The number of ether oxygens (including phenoxy) is 2. The van der Waals surface area contributed by atoms with Crippen LogP contribution in [-0.2, 0) is 25.7 Å². The average molecular weight is 293 g/mol. The minimum atomic E-state index is -0.811. The Hall–Kier alpha value is -1.88. The van der Waals surface area contributed by atoms with Crippen LogP contribution < -0.4 is 5.32 Å². The van der Waals surface area contributed by atoms with E-state index in [0.717, 1.165) is 5.56 Å². The van der Waals surface area contributed by atoms with Crippen molar-refractivity contribution in [3.63, 3.8) is 0 Å². The molecule has 0 saturated carbocycles. The maximum Gasteiger partial charge on any atom is 0.331 e. The molecule has 0 aromatic heterocycles. The molecule has 2 atom stereocenters. The summed E-state index contributed by atoms with van der Waals surface area (Å²) in [6.45, 7) is 5.64. The molecule has 1 aromatic carbocycles. The Morgan fingerprint density at radius 1 is 1.14 bits per heavy atom. The predicted molar refractivity (Wildman–Crippen MR) is 79.5 cm³/mol. The van der Waals surface area contributed by atoms with Crippen molar-refractivity contribution in [1.29, 1.82) is 0 Å². The summed E-state index contributed by atoms with van der Waals surface area (Å²) in [5.41, 5.74) is 1.00. The Kier molecular flexibility index (Phi) is 6.88. The van der Waals surface area contributed by atoms with E-state index in [9.17, 15) is 9.59 Å². The van der Waals surface area contributed by atoms with Crippen LogP contribution in [0, 0.1) is 5.92 Å². The Labute approximate surface area is 125 Å². The summed E-state index contributed by atoms with van der Waals surface area (Å²) in [4.78, 5) is 23.6. The monoisotopic (exact) mass is 293 g/mol. The number of benzene rings is 1. The van der Waals surface area contributed by atoms with Crippen LogP contribution in [0.1, 0.15) is 26.3 Å². The lowest BCUT2D eigenvalue weighted by molar-refractivity contribution is -0.150. The zero-order chi connectivity index (χ0) is 15.8. The van der Waals surface area contributed by atoms with E-state index in [0.29, 0.717) is 6.61 Å². The molecule has 2 unspecified atom stereocenters. The van der Waals surface area contributed by atoms with Crippen molar-refractivity contribution in [2.24, 2.45) is 5.92 Å². The van der Waals surface area contributed by atoms with Crippen LogP contribution in [0.2, 0.25) is 0 Å². The largest absolute Gasteiger partial charge is 0.467 e. The Balaban J connectivity index is 2.64. The number of nitrogens with one attached hydrogen (secondary N) is 1. The third kappa shape index (κ3) is 5.55. The van der Waals surface area contributed by atoms with E-state index < -0.39 is 18.1 Å². The van der Waals surface area contributed by atoms with Crippen LogP contribution in [-0.4, -0.2) is 31.1 Å². The number of hydrogen-bond donors (Lipinski definition) is 1. The number of esters is 1. The molecule has 21 heavy (non-hydrogen) atoms. The molecular weight excluding hydrogens is 270 g/mol. The number of hydrogen-bond acceptors (Lipinski definition) is 4. The highest BCUT2D eigenvalue weighted by Crippen LogP contribution is 2.08. The van der Waals surface area contributed by atoms with Crippen LogP contribution in [0.15, 0.2) is 30.3 Å². The molecular formula is C16H23NO4. The molecule has 1 N–H and O–H groups in total. The van der Waals surface area contributed by atoms with Crippen molar-refractivity contribution >= 4 is 11.9 Å². The summed E-state index contributed by atoms with van der Waals surface area (Å²) >= 11 is 0. The third-order valence-corrected chi connectivity index (χ3v) is 3.10. The highest BCUT2D eigenvalue weighted by Gasteiger charge is 2.29. The van der Waals surface area contributed by atoms with Gasteiger partial charge in [-0.2, -0.15) is 0 Å². The zero-order valence-electron chi connectivity index (χ0n) is 13.0.